The predicted octanol–water partition coefficient (Wildman–Crippen LogP) is -2.26. The molecule has 9 nitrogen and oxygen atoms in total. The molecule has 0 amide bonds. The van der Waals surface area contributed by atoms with Crippen LogP contribution in [0.25, 0.3) is 0 Å². The Morgan fingerprint density at radius 2 is 2.26 bits per heavy atom. The number of nitrogens with one attached hydrogen (secondary N) is 1. The highest BCUT2D eigenvalue weighted by Crippen LogP contribution is 2.35. The van der Waals surface area contributed by atoms with Crippen molar-refractivity contribution in [2.45, 2.75) is 24.3 Å². The number of anilines is 1. The van der Waals surface area contributed by atoms with E-state index in [9.17, 15) is 19.4 Å². The molecule has 1 aromatic rings. The maximum absolute atomic E-state index is 14.5. The van der Waals surface area contributed by atoms with Crippen molar-refractivity contribution in [3.05, 3.63) is 22.7 Å². The van der Waals surface area contributed by atoms with Gasteiger partial charge in [-0.1, -0.05) is 0 Å². The second-order valence-electron chi connectivity index (χ2n) is 3.96. The van der Waals surface area contributed by atoms with E-state index in [0.29, 0.717) is 4.57 Å². The predicted molar refractivity (Wildman–Crippen MR) is 57.0 cm³/mol. The molecule has 19 heavy (non-hydrogen) atoms. The topological polar surface area (TPSA) is 137 Å². The quantitative estimate of drug-likeness (QED) is 0.390. The van der Waals surface area contributed by atoms with Gasteiger partial charge < -0.3 is 20.1 Å². The van der Waals surface area contributed by atoms with Crippen LogP contribution in [0.3, 0.4) is 0 Å². The lowest BCUT2D eigenvalue weighted by molar-refractivity contribution is -0.239. The van der Waals surface area contributed by atoms with Crippen molar-refractivity contribution in [3.8, 4) is 0 Å². The van der Waals surface area contributed by atoms with Gasteiger partial charge in [-0.05, 0) is 6.07 Å². The number of aromatic nitrogens is 2. The van der Waals surface area contributed by atoms with E-state index in [1.807, 2.05) is 0 Å². The van der Waals surface area contributed by atoms with Crippen molar-refractivity contribution in [2.75, 3.05) is 12.1 Å². The van der Waals surface area contributed by atoms with E-state index >= 15 is 0 Å². The summed E-state index contributed by atoms with van der Waals surface area (Å²) in [5.74, 6) is -3.28. The summed E-state index contributed by atoms with van der Waals surface area (Å²) in [6.07, 6.45) is -4.26. The minimum absolute atomic E-state index is 0.225. The van der Waals surface area contributed by atoms with Crippen LogP contribution in [0.15, 0.2) is 17.1 Å². The molecule has 2 heterocycles. The lowest BCUT2D eigenvalue weighted by Crippen LogP contribution is -2.47. The van der Waals surface area contributed by atoms with E-state index < -0.39 is 36.6 Å². The van der Waals surface area contributed by atoms with E-state index in [-0.39, 0.29) is 5.82 Å². The zero-order valence-electron chi connectivity index (χ0n) is 9.47. The van der Waals surface area contributed by atoms with E-state index in [0.717, 1.165) is 12.3 Å². The van der Waals surface area contributed by atoms with Crippen LogP contribution in [-0.2, 0) is 10.7 Å². The first-order chi connectivity index (χ1) is 8.93. The number of rotatable bonds is 3. The molecule has 0 bridgehead atoms. The highest BCUT2D eigenvalue weighted by Gasteiger charge is 2.57. The molecule has 1 fully saturated rings. The fourth-order valence-electron chi connectivity index (χ4n) is 1.81. The average Bonchev–Trinajstić information content (AvgIpc) is 2.63. The maximum atomic E-state index is 14.5. The Balaban J connectivity index is 2.43. The molecule has 2 rings (SSSR count). The summed E-state index contributed by atoms with van der Waals surface area (Å²) in [5, 5.41) is 36.5. The monoisotopic (exact) mass is 277 g/mol. The van der Waals surface area contributed by atoms with Crippen LogP contribution in [0.5, 0.6) is 0 Å². The van der Waals surface area contributed by atoms with Gasteiger partial charge in [-0.25, -0.2) is 9.36 Å². The molecular formula is C9H12FN3O6. The highest BCUT2D eigenvalue weighted by molar-refractivity contribution is 5.28. The lowest BCUT2D eigenvalue weighted by atomic mass is 10.1. The fourth-order valence-corrected chi connectivity index (χ4v) is 1.81. The molecular weight excluding hydrogens is 265 g/mol. The smallest absolute Gasteiger partial charge is 0.354 e. The Morgan fingerprint density at radius 3 is 2.74 bits per heavy atom. The Hall–Kier alpha value is -1.59. The van der Waals surface area contributed by atoms with Gasteiger partial charge in [-0.3, -0.25) is 10.7 Å². The molecule has 1 aromatic heterocycles. The summed E-state index contributed by atoms with van der Waals surface area (Å²) in [4.78, 5) is 14.8. The lowest BCUT2D eigenvalue weighted by Gasteiger charge is -2.24. The van der Waals surface area contributed by atoms with Gasteiger partial charge in [0.05, 0.1) is 6.61 Å². The zero-order chi connectivity index (χ0) is 14.2. The van der Waals surface area contributed by atoms with Crippen LogP contribution >= 0.6 is 0 Å². The normalized spacial score (nSPS) is 34.5. The third kappa shape index (κ3) is 2.09. The molecule has 106 valence electrons. The van der Waals surface area contributed by atoms with Crippen molar-refractivity contribution < 1.29 is 29.7 Å². The van der Waals surface area contributed by atoms with E-state index in [4.69, 9.17) is 10.3 Å². The van der Waals surface area contributed by atoms with Crippen molar-refractivity contribution in [1.29, 1.82) is 0 Å². The molecule has 4 atom stereocenters. The first-order valence-corrected chi connectivity index (χ1v) is 5.28. The summed E-state index contributed by atoms with van der Waals surface area (Å²) < 4.78 is 19.5. The fraction of sp³-hybridized carbons (Fsp3) is 0.556. The van der Waals surface area contributed by atoms with Gasteiger partial charge in [0.1, 0.15) is 12.2 Å². The minimum atomic E-state index is -3.05. The van der Waals surface area contributed by atoms with Crippen LogP contribution in [-0.4, -0.2) is 55.0 Å². The van der Waals surface area contributed by atoms with Crippen LogP contribution in [0.2, 0.25) is 0 Å². The molecule has 0 spiro atoms. The maximum Gasteiger partial charge on any atom is 0.354 e. The number of halogens is 1. The van der Waals surface area contributed by atoms with Gasteiger partial charge >= 0.3 is 11.7 Å². The van der Waals surface area contributed by atoms with Gasteiger partial charge in [0.15, 0.2) is 11.9 Å². The molecule has 5 N–H and O–H groups in total. The Labute approximate surface area is 105 Å². The van der Waals surface area contributed by atoms with Crippen LogP contribution in [0.1, 0.15) is 0 Å². The number of alkyl halides is 1. The molecule has 1 saturated heterocycles. The first kappa shape index (κ1) is 13.8. The van der Waals surface area contributed by atoms with Crippen LogP contribution in [0, 0.1) is 0 Å². The third-order valence-electron chi connectivity index (χ3n) is 2.81. The second-order valence-corrected chi connectivity index (χ2v) is 3.96. The number of hydrogen-bond donors (Lipinski definition) is 5. The summed E-state index contributed by atoms with van der Waals surface area (Å²) in [7, 11) is 0. The first-order valence-electron chi connectivity index (χ1n) is 5.28. The summed E-state index contributed by atoms with van der Waals surface area (Å²) in [5.41, 5.74) is 0.438. The number of nitrogens with zero attached hydrogens (tertiary/aromatic N) is 2. The van der Waals surface area contributed by atoms with Gasteiger partial charge in [0.25, 0.3) is 0 Å². The molecule has 0 unspecified atom stereocenters. The average molecular weight is 277 g/mol. The molecule has 1 aliphatic heterocycles. The van der Waals surface area contributed by atoms with Crippen molar-refractivity contribution >= 4 is 5.82 Å². The van der Waals surface area contributed by atoms with E-state index in [1.165, 1.54) is 0 Å². The Kier molecular flexibility index (Phi) is 3.52. The Morgan fingerprint density at radius 1 is 1.58 bits per heavy atom. The van der Waals surface area contributed by atoms with Crippen molar-refractivity contribution in [1.82, 2.24) is 9.55 Å². The summed E-state index contributed by atoms with van der Waals surface area (Å²) >= 11 is 0. The number of aliphatic hydroxyl groups excluding tert-OH is 3. The summed E-state index contributed by atoms with van der Waals surface area (Å²) in [6, 6.07) is 1.05. The minimum Gasteiger partial charge on any atom is -0.394 e. The van der Waals surface area contributed by atoms with E-state index in [1.54, 1.807) is 5.48 Å². The number of ether oxygens (including phenoxy) is 1. The third-order valence-corrected chi connectivity index (χ3v) is 2.81. The highest BCUT2D eigenvalue weighted by atomic mass is 19.2. The second kappa shape index (κ2) is 4.83. The number of hydrogen-bond acceptors (Lipinski definition) is 8. The molecule has 1 aliphatic rings. The molecule has 0 aliphatic carbocycles. The number of aliphatic hydroxyl groups is 3. The van der Waals surface area contributed by atoms with E-state index in [2.05, 4.69) is 9.72 Å². The molecule has 10 heteroatoms. The van der Waals surface area contributed by atoms with Gasteiger partial charge in [-0.15, -0.1) is 0 Å². The van der Waals surface area contributed by atoms with Gasteiger partial charge in [0, 0.05) is 6.20 Å². The zero-order valence-corrected chi connectivity index (χ0v) is 9.47. The molecule has 0 saturated carbocycles. The van der Waals surface area contributed by atoms with Crippen LogP contribution in [0.4, 0.5) is 10.2 Å². The van der Waals surface area contributed by atoms with Gasteiger partial charge in [-0.2, -0.15) is 9.37 Å². The van der Waals surface area contributed by atoms with Crippen molar-refractivity contribution in [2.24, 2.45) is 0 Å². The van der Waals surface area contributed by atoms with Crippen LogP contribution < -0.4 is 11.2 Å². The summed E-state index contributed by atoms with van der Waals surface area (Å²) in [6.45, 7) is -0.734. The van der Waals surface area contributed by atoms with Crippen molar-refractivity contribution in [3.63, 3.8) is 0 Å². The SMILES string of the molecule is O=c1nc(NO)ccn1[C@]1(F)O[C@H](CO)[C@@H](O)[C@H]1O. The standard InChI is InChI=1S/C9H12FN3O6/c10-9(7(16)6(15)4(3-14)19-9)13-2-1-5(12-18)11-8(13)17/h1-2,4,6-7,14-16,18H,3H2,(H,11,12,17)/t4-,6-,7-,9+/m1/s1. The molecule has 0 radical (unpaired) electrons. The Bertz CT molecular complexity index is 525. The van der Waals surface area contributed by atoms with Gasteiger partial charge in [0.2, 0.25) is 0 Å². The largest absolute Gasteiger partial charge is 0.394 e. The molecule has 0 aromatic carbocycles.